The van der Waals surface area contributed by atoms with Gasteiger partial charge in [0, 0.05) is 0 Å². The summed E-state index contributed by atoms with van der Waals surface area (Å²) in [7, 11) is 1.11. The van der Waals surface area contributed by atoms with Crippen LogP contribution < -0.4 is 0 Å². The van der Waals surface area contributed by atoms with Crippen LogP contribution in [0.25, 0.3) is 0 Å². The molecule has 1 unspecified atom stereocenters. The van der Waals surface area contributed by atoms with Gasteiger partial charge in [0.25, 0.3) is 0 Å². The molecule has 0 rings (SSSR count). The van der Waals surface area contributed by atoms with Gasteiger partial charge in [-0.3, -0.25) is 0 Å². The fraction of sp³-hybridized carbons (Fsp3) is 0. The second-order valence-corrected chi connectivity index (χ2v) is 7.34. The minimum Gasteiger partial charge on any atom is -0.354 e. The van der Waals surface area contributed by atoms with Crippen molar-refractivity contribution in [3.8, 4) is 0 Å². The van der Waals surface area contributed by atoms with Crippen molar-refractivity contribution in [1.82, 2.24) is 0 Å². The molecule has 0 spiro atoms. The predicted molar refractivity (Wildman–Crippen MR) is 34.6 cm³/mol. The van der Waals surface area contributed by atoms with Crippen LogP contribution in [-0.4, -0.2) is 4.89 Å². The molecule has 5 heavy (non-hydrogen) atoms. The molecule has 0 aliphatic heterocycles. The Labute approximate surface area is 48.7 Å². The highest BCUT2D eigenvalue weighted by Gasteiger charge is 1.87. The van der Waals surface area contributed by atoms with Crippen molar-refractivity contribution in [2.75, 3.05) is 0 Å². The van der Waals surface area contributed by atoms with Crippen LogP contribution in [0.3, 0.4) is 0 Å². The summed E-state index contributed by atoms with van der Waals surface area (Å²) in [6.45, 7) is 0. The Morgan fingerprint density at radius 3 is 2.20 bits per heavy atom. The number of hydrogen-bond acceptors (Lipinski definition) is 3. The molecule has 0 aromatic heterocycles. The van der Waals surface area contributed by atoms with Crippen molar-refractivity contribution >= 4 is 43.6 Å². The Morgan fingerprint density at radius 1 is 2.00 bits per heavy atom. The molecule has 1 nitrogen and oxygen atoms in total. The lowest BCUT2D eigenvalue weighted by Crippen LogP contribution is -1.30. The van der Waals surface area contributed by atoms with E-state index in [4.69, 9.17) is 4.89 Å². The van der Waals surface area contributed by atoms with E-state index in [0.29, 0.717) is 0 Å². The molecule has 0 aromatic carbocycles. The van der Waals surface area contributed by atoms with E-state index < -0.39 is 6.05 Å². The SMILES string of the molecule is OP(Br)SS. The lowest BCUT2D eigenvalue weighted by molar-refractivity contribution is 0.657. The van der Waals surface area contributed by atoms with E-state index in [1.165, 1.54) is 0 Å². The third-order valence-electron chi connectivity index (χ3n) is 0.0674. The van der Waals surface area contributed by atoms with Gasteiger partial charge in [-0.15, -0.1) is 11.7 Å². The first-order chi connectivity index (χ1) is 2.27. The molecule has 0 aromatic rings. The summed E-state index contributed by atoms with van der Waals surface area (Å²) in [6, 6.07) is -1.00. The van der Waals surface area contributed by atoms with E-state index in [2.05, 4.69) is 27.2 Å². The van der Waals surface area contributed by atoms with Gasteiger partial charge in [0.2, 0.25) is 0 Å². The van der Waals surface area contributed by atoms with Crippen LogP contribution >= 0.6 is 43.6 Å². The van der Waals surface area contributed by atoms with Gasteiger partial charge in [0.1, 0.15) is 0 Å². The van der Waals surface area contributed by atoms with Crippen LogP contribution in [0.4, 0.5) is 0 Å². The van der Waals surface area contributed by atoms with Crippen LogP contribution in [0.15, 0.2) is 0 Å². The molecule has 0 saturated heterocycles. The second kappa shape index (κ2) is 3.75. The lowest BCUT2D eigenvalue weighted by Gasteiger charge is -1.85. The van der Waals surface area contributed by atoms with Crippen LogP contribution in [0.1, 0.15) is 0 Å². The molecule has 1 N–H and O–H groups in total. The first-order valence-electron chi connectivity index (χ1n) is 0.734. The standard InChI is InChI=1S/BrH2OPS2/c1-3(2)5-4/h2,4H. The summed E-state index contributed by atoms with van der Waals surface area (Å²) >= 11 is 6.54. The predicted octanol–water partition coefficient (Wildman–Crippen LogP) is 2.18. The van der Waals surface area contributed by atoms with Crippen LogP contribution in [0.2, 0.25) is 0 Å². The lowest BCUT2D eigenvalue weighted by atomic mass is 15.9. The molecular formula is H2BrOPS2. The molecular weight excluding hydrogens is 191 g/mol. The largest absolute Gasteiger partial charge is 0.354 e. The van der Waals surface area contributed by atoms with Gasteiger partial charge in [0.05, 0.1) is 0 Å². The molecule has 0 aliphatic carbocycles. The normalized spacial score (nSPS) is 15.0. The van der Waals surface area contributed by atoms with Crippen molar-refractivity contribution in [2.45, 2.75) is 0 Å². The first-order valence-corrected chi connectivity index (χ1v) is 6.52. The summed E-state index contributed by atoms with van der Waals surface area (Å²) in [5.74, 6) is 0. The van der Waals surface area contributed by atoms with Gasteiger partial charge >= 0.3 is 0 Å². The monoisotopic (exact) mass is 192 g/mol. The average molecular weight is 193 g/mol. The fourth-order valence-electron chi connectivity index (χ4n) is 0. The van der Waals surface area contributed by atoms with Crippen molar-refractivity contribution in [2.24, 2.45) is 0 Å². The highest BCUT2D eigenvalue weighted by atomic mass is 79.9. The Balaban J connectivity index is 2.54. The zero-order valence-electron chi connectivity index (χ0n) is 2.13. The average Bonchev–Trinajstić information content (AvgIpc) is 1.38. The molecule has 0 saturated carbocycles. The fourth-order valence-corrected chi connectivity index (χ4v) is 0. The van der Waals surface area contributed by atoms with Gasteiger partial charge in [-0.1, -0.05) is 0 Å². The maximum Gasteiger partial charge on any atom is 0.169 e. The van der Waals surface area contributed by atoms with Gasteiger partial charge in [-0.05, 0) is 25.9 Å². The molecule has 1 atom stereocenters. The molecule has 0 radical (unpaired) electrons. The number of hydrogen-bond donors (Lipinski definition) is 2. The number of rotatable bonds is 1. The van der Waals surface area contributed by atoms with Crippen molar-refractivity contribution in [1.29, 1.82) is 0 Å². The van der Waals surface area contributed by atoms with Crippen LogP contribution in [0.5, 0.6) is 0 Å². The van der Waals surface area contributed by atoms with Gasteiger partial charge in [-0.2, -0.15) is 0 Å². The van der Waals surface area contributed by atoms with Gasteiger partial charge in [-0.25, -0.2) is 0 Å². The third kappa shape index (κ3) is 5.57. The highest BCUT2D eigenvalue weighted by Crippen LogP contribution is 2.54. The van der Waals surface area contributed by atoms with Crippen LogP contribution in [0, 0.1) is 0 Å². The molecule has 0 heterocycles. The smallest absolute Gasteiger partial charge is 0.169 e. The Kier molecular flexibility index (Phi) is 4.93. The van der Waals surface area contributed by atoms with E-state index in [9.17, 15) is 0 Å². The molecule has 32 valence electrons. The van der Waals surface area contributed by atoms with Crippen molar-refractivity contribution in [3.63, 3.8) is 0 Å². The minimum atomic E-state index is -1.00. The molecule has 5 heteroatoms. The van der Waals surface area contributed by atoms with Crippen molar-refractivity contribution in [3.05, 3.63) is 0 Å². The summed E-state index contributed by atoms with van der Waals surface area (Å²) in [5.41, 5.74) is 0. The number of halogens is 1. The van der Waals surface area contributed by atoms with E-state index in [-0.39, 0.29) is 0 Å². The van der Waals surface area contributed by atoms with Crippen molar-refractivity contribution < 1.29 is 4.89 Å². The molecule has 0 aliphatic rings. The van der Waals surface area contributed by atoms with Gasteiger partial charge in [0.15, 0.2) is 6.05 Å². The van der Waals surface area contributed by atoms with E-state index in [0.717, 1.165) is 10.4 Å². The van der Waals surface area contributed by atoms with E-state index in [1.807, 2.05) is 0 Å². The van der Waals surface area contributed by atoms with Gasteiger partial charge < -0.3 is 4.89 Å². The summed E-state index contributed by atoms with van der Waals surface area (Å²) < 4.78 is 0. The quantitative estimate of drug-likeness (QED) is 0.378. The maximum absolute atomic E-state index is 8.23. The Hall–Kier alpha value is 1.57. The summed E-state index contributed by atoms with van der Waals surface area (Å²) in [4.78, 5) is 8.23. The summed E-state index contributed by atoms with van der Waals surface area (Å²) in [5, 5.41) is 0. The molecule has 0 fully saturated rings. The summed E-state index contributed by atoms with van der Waals surface area (Å²) in [6.07, 6.45) is 0. The molecule has 0 amide bonds. The first kappa shape index (κ1) is 6.57. The maximum atomic E-state index is 8.23. The number of thiol groups is 1. The highest BCUT2D eigenvalue weighted by molar-refractivity contribution is 9.50. The zero-order valence-corrected chi connectivity index (χ0v) is 6.32. The second-order valence-electron chi connectivity index (χ2n) is 0.308. The van der Waals surface area contributed by atoms with E-state index in [1.54, 1.807) is 0 Å². The minimum absolute atomic E-state index is 1.00. The third-order valence-corrected chi connectivity index (χ3v) is 5.32. The van der Waals surface area contributed by atoms with Crippen LogP contribution in [-0.2, 0) is 0 Å². The zero-order chi connectivity index (χ0) is 4.28. The Morgan fingerprint density at radius 2 is 2.20 bits per heavy atom. The van der Waals surface area contributed by atoms with E-state index >= 15 is 0 Å². The molecule has 0 bridgehead atoms. The topological polar surface area (TPSA) is 20.2 Å². The Bertz CT molecular complexity index is 23.6.